The van der Waals surface area contributed by atoms with Crippen LogP contribution in [0.25, 0.3) is 22.3 Å². The molecule has 3 aromatic carbocycles. The zero-order valence-corrected chi connectivity index (χ0v) is 15.0. The molecule has 0 atom stereocenters. The van der Waals surface area contributed by atoms with Crippen molar-refractivity contribution >= 4 is 33.2 Å². The van der Waals surface area contributed by atoms with Crippen molar-refractivity contribution in [3.63, 3.8) is 0 Å². The van der Waals surface area contributed by atoms with Crippen molar-refractivity contribution in [3.05, 3.63) is 76.5 Å². The first-order valence-electron chi connectivity index (χ1n) is 7.15. The van der Waals surface area contributed by atoms with Gasteiger partial charge in [-0.15, -0.1) is 0 Å². The first kappa shape index (κ1) is 17.9. The van der Waals surface area contributed by atoms with Gasteiger partial charge >= 0.3 is 0 Å². The molecule has 0 fully saturated rings. The highest BCUT2D eigenvalue weighted by molar-refractivity contribution is 7.89. The van der Waals surface area contributed by atoms with Crippen molar-refractivity contribution in [2.45, 2.75) is 4.90 Å². The minimum atomic E-state index is -3.92. The number of nitrogens with two attached hydrogens (primary N) is 1. The lowest BCUT2D eigenvalue weighted by atomic mass is 9.94. The number of sulfonamides is 1. The molecule has 0 amide bonds. The van der Waals surface area contributed by atoms with E-state index in [2.05, 4.69) is 0 Å². The van der Waals surface area contributed by atoms with E-state index in [4.69, 9.17) is 28.3 Å². The number of hydrogen-bond donors (Lipinski definition) is 1. The van der Waals surface area contributed by atoms with E-state index in [1.165, 1.54) is 18.2 Å². The summed E-state index contributed by atoms with van der Waals surface area (Å²) < 4.78 is 37.5. The maximum atomic E-state index is 13.7. The van der Waals surface area contributed by atoms with Crippen LogP contribution in [0.4, 0.5) is 4.39 Å². The minimum Gasteiger partial charge on any atom is -0.225 e. The summed E-state index contributed by atoms with van der Waals surface area (Å²) in [6, 6.07) is 16.4. The van der Waals surface area contributed by atoms with Crippen LogP contribution in [-0.4, -0.2) is 8.42 Å². The average molecular weight is 396 g/mol. The van der Waals surface area contributed by atoms with E-state index in [-0.39, 0.29) is 14.9 Å². The van der Waals surface area contributed by atoms with Gasteiger partial charge in [-0.2, -0.15) is 0 Å². The van der Waals surface area contributed by atoms with Gasteiger partial charge in [0.05, 0.1) is 14.9 Å². The fourth-order valence-electron chi connectivity index (χ4n) is 2.62. The Hall–Kier alpha value is -1.92. The van der Waals surface area contributed by atoms with Crippen molar-refractivity contribution < 1.29 is 12.8 Å². The van der Waals surface area contributed by atoms with Gasteiger partial charge in [-0.05, 0) is 34.9 Å². The summed E-state index contributed by atoms with van der Waals surface area (Å²) in [5, 5.41) is 5.10. The molecule has 0 aliphatic carbocycles. The molecular formula is C18H12Cl2FNO2S. The Labute approximate surface area is 154 Å². The van der Waals surface area contributed by atoms with E-state index < -0.39 is 15.8 Å². The van der Waals surface area contributed by atoms with Crippen LogP contribution in [0, 0.1) is 5.82 Å². The van der Waals surface area contributed by atoms with Gasteiger partial charge in [0.1, 0.15) is 0 Å². The Morgan fingerprint density at radius 3 is 1.84 bits per heavy atom. The van der Waals surface area contributed by atoms with Crippen LogP contribution in [0.2, 0.25) is 10.0 Å². The second kappa shape index (κ2) is 6.77. The molecule has 128 valence electrons. The molecular weight excluding hydrogens is 384 g/mol. The molecule has 0 unspecified atom stereocenters. The van der Waals surface area contributed by atoms with Gasteiger partial charge in [-0.25, -0.2) is 17.9 Å². The van der Waals surface area contributed by atoms with E-state index in [0.29, 0.717) is 22.3 Å². The van der Waals surface area contributed by atoms with E-state index in [1.54, 1.807) is 42.5 Å². The highest BCUT2D eigenvalue weighted by Gasteiger charge is 2.18. The fraction of sp³-hybridized carbons (Fsp3) is 0. The molecule has 0 spiro atoms. The molecule has 0 aromatic heterocycles. The molecule has 0 aliphatic rings. The van der Waals surface area contributed by atoms with Crippen LogP contribution in [-0.2, 0) is 10.0 Å². The van der Waals surface area contributed by atoms with Gasteiger partial charge in [0.15, 0.2) is 5.82 Å². The lowest BCUT2D eigenvalue weighted by Crippen LogP contribution is -2.13. The van der Waals surface area contributed by atoms with E-state index >= 15 is 0 Å². The number of halogens is 3. The molecule has 0 saturated heterocycles. The Bertz CT molecular complexity index is 1050. The van der Waals surface area contributed by atoms with Crippen molar-refractivity contribution in [3.8, 4) is 22.3 Å². The molecule has 0 aliphatic heterocycles. The monoisotopic (exact) mass is 395 g/mol. The van der Waals surface area contributed by atoms with Crippen molar-refractivity contribution in [2.24, 2.45) is 5.14 Å². The molecule has 7 heteroatoms. The second-order valence-corrected chi connectivity index (χ2v) is 7.68. The SMILES string of the molecule is NS(=O)(=O)c1ccccc1-c1ccccc1-c1cc(Cl)c(F)c(Cl)c1. The van der Waals surface area contributed by atoms with Gasteiger partial charge in [0, 0.05) is 5.56 Å². The van der Waals surface area contributed by atoms with Crippen molar-refractivity contribution in [2.75, 3.05) is 0 Å². The lowest BCUT2D eigenvalue weighted by molar-refractivity contribution is 0.598. The number of rotatable bonds is 3. The Morgan fingerprint density at radius 2 is 1.28 bits per heavy atom. The largest absolute Gasteiger partial charge is 0.238 e. The van der Waals surface area contributed by atoms with Crippen LogP contribution in [0.3, 0.4) is 0 Å². The van der Waals surface area contributed by atoms with Gasteiger partial charge in [-0.3, -0.25) is 0 Å². The standard InChI is InChI=1S/C18H12Cl2FNO2S/c19-15-9-11(10-16(20)18(15)21)12-5-1-2-6-13(12)14-7-3-4-8-17(14)25(22,23)24/h1-10H,(H2,22,23,24). The topological polar surface area (TPSA) is 60.2 Å². The summed E-state index contributed by atoms with van der Waals surface area (Å²) in [7, 11) is -3.92. The molecule has 0 radical (unpaired) electrons. The number of benzene rings is 3. The van der Waals surface area contributed by atoms with E-state index in [0.717, 1.165) is 0 Å². The first-order valence-corrected chi connectivity index (χ1v) is 9.45. The zero-order valence-electron chi connectivity index (χ0n) is 12.7. The van der Waals surface area contributed by atoms with Gasteiger partial charge < -0.3 is 0 Å². The van der Waals surface area contributed by atoms with Crippen LogP contribution >= 0.6 is 23.2 Å². The Balaban J connectivity index is 2.30. The molecule has 0 bridgehead atoms. The van der Waals surface area contributed by atoms with Gasteiger partial charge in [-0.1, -0.05) is 65.7 Å². The third kappa shape index (κ3) is 3.55. The fourth-order valence-corrected chi connectivity index (χ4v) is 3.86. The Morgan fingerprint density at radius 1 is 0.800 bits per heavy atom. The number of primary sulfonamides is 1. The Kier molecular flexibility index (Phi) is 4.84. The quantitative estimate of drug-likeness (QED) is 0.625. The summed E-state index contributed by atoms with van der Waals surface area (Å²) >= 11 is 11.8. The van der Waals surface area contributed by atoms with Crippen LogP contribution in [0.1, 0.15) is 0 Å². The molecule has 0 heterocycles. The summed E-state index contributed by atoms with van der Waals surface area (Å²) in [5.41, 5.74) is 2.28. The molecule has 3 aromatic rings. The lowest BCUT2D eigenvalue weighted by Gasteiger charge is -2.14. The molecule has 3 nitrogen and oxygen atoms in total. The molecule has 0 saturated carbocycles. The number of hydrogen-bond acceptors (Lipinski definition) is 2. The van der Waals surface area contributed by atoms with Crippen LogP contribution < -0.4 is 5.14 Å². The van der Waals surface area contributed by atoms with E-state index in [9.17, 15) is 12.8 Å². The predicted molar refractivity (Wildman–Crippen MR) is 98.7 cm³/mol. The van der Waals surface area contributed by atoms with Gasteiger partial charge in [0.25, 0.3) is 0 Å². The maximum Gasteiger partial charge on any atom is 0.238 e. The summed E-state index contributed by atoms with van der Waals surface area (Å²) in [4.78, 5) is 0.00163. The second-order valence-electron chi connectivity index (χ2n) is 5.34. The predicted octanol–water partition coefficient (Wildman–Crippen LogP) is 5.11. The van der Waals surface area contributed by atoms with Crippen LogP contribution in [0.5, 0.6) is 0 Å². The minimum absolute atomic E-state index is 0.00163. The molecule has 3 rings (SSSR count). The molecule has 25 heavy (non-hydrogen) atoms. The summed E-state index contributed by atoms with van der Waals surface area (Å²) in [5.74, 6) is -0.700. The third-order valence-corrected chi connectivity index (χ3v) is 5.22. The van der Waals surface area contributed by atoms with Crippen molar-refractivity contribution in [1.82, 2.24) is 0 Å². The zero-order chi connectivity index (χ0) is 18.2. The van der Waals surface area contributed by atoms with Crippen LogP contribution in [0.15, 0.2) is 65.6 Å². The normalized spacial score (nSPS) is 11.5. The average Bonchev–Trinajstić information content (AvgIpc) is 2.58. The summed E-state index contributed by atoms with van der Waals surface area (Å²) in [6.45, 7) is 0. The molecule has 2 N–H and O–H groups in total. The smallest absolute Gasteiger partial charge is 0.225 e. The van der Waals surface area contributed by atoms with Gasteiger partial charge in [0.2, 0.25) is 10.0 Å². The van der Waals surface area contributed by atoms with E-state index in [1.807, 2.05) is 0 Å². The highest BCUT2D eigenvalue weighted by Crippen LogP contribution is 2.38. The maximum absolute atomic E-state index is 13.7. The highest BCUT2D eigenvalue weighted by atomic mass is 35.5. The summed E-state index contributed by atoms with van der Waals surface area (Å²) in [6.07, 6.45) is 0. The van der Waals surface area contributed by atoms with Crippen molar-refractivity contribution in [1.29, 1.82) is 0 Å². The first-order chi connectivity index (χ1) is 11.8. The third-order valence-electron chi connectivity index (χ3n) is 3.71.